The van der Waals surface area contributed by atoms with Crippen molar-refractivity contribution in [2.24, 2.45) is 0 Å². The number of hydrogen-bond donors (Lipinski definition) is 1. The van der Waals surface area contributed by atoms with Crippen molar-refractivity contribution in [1.29, 1.82) is 0 Å². The average molecular weight is 269 g/mol. The Morgan fingerprint density at radius 3 is 3.00 bits per heavy atom. The maximum atomic E-state index is 12.6. The summed E-state index contributed by atoms with van der Waals surface area (Å²) in [7, 11) is 0. The predicted octanol–water partition coefficient (Wildman–Crippen LogP) is 2.21. The summed E-state index contributed by atoms with van der Waals surface area (Å²) in [6, 6.07) is 5.33. The summed E-state index contributed by atoms with van der Waals surface area (Å²) in [6.45, 7) is 1.45. The van der Waals surface area contributed by atoms with Gasteiger partial charge in [-0.15, -0.1) is 0 Å². The Morgan fingerprint density at radius 1 is 1.45 bits per heavy atom. The van der Waals surface area contributed by atoms with Crippen LogP contribution in [0.25, 0.3) is 0 Å². The standard InChI is InChI=1S/C15H15N3O2/c1-10(19)17-12-4-2-11-3-5-14(15(20)13(11)8-12)18-7-6-16-9-18/h2,4,6-9,14H,3,5H2,1H3,(H,17,19). The number of fused-ring (bicyclic) bond motifs is 1. The number of amides is 1. The van der Waals surface area contributed by atoms with Gasteiger partial charge < -0.3 is 9.88 Å². The van der Waals surface area contributed by atoms with E-state index >= 15 is 0 Å². The number of Topliss-reactive ketones (excluding diaryl/α,β-unsaturated/α-hetero) is 1. The van der Waals surface area contributed by atoms with E-state index in [0.717, 1.165) is 18.4 Å². The lowest BCUT2D eigenvalue weighted by molar-refractivity contribution is -0.114. The minimum atomic E-state index is -0.197. The summed E-state index contributed by atoms with van der Waals surface area (Å²) in [5.41, 5.74) is 2.40. The summed E-state index contributed by atoms with van der Waals surface area (Å²) in [5.74, 6) is -0.0594. The lowest BCUT2D eigenvalue weighted by atomic mass is 9.86. The molecule has 1 unspecified atom stereocenters. The highest BCUT2D eigenvalue weighted by molar-refractivity contribution is 6.02. The number of carbonyl (C=O) groups is 2. The number of benzene rings is 1. The highest BCUT2D eigenvalue weighted by Crippen LogP contribution is 2.30. The number of carbonyl (C=O) groups excluding carboxylic acids is 2. The molecule has 1 amide bonds. The first-order chi connectivity index (χ1) is 9.65. The van der Waals surface area contributed by atoms with Gasteiger partial charge in [0.05, 0.1) is 12.4 Å². The molecule has 102 valence electrons. The normalized spacial score (nSPS) is 17.6. The smallest absolute Gasteiger partial charge is 0.221 e. The van der Waals surface area contributed by atoms with Gasteiger partial charge in [-0.1, -0.05) is 6.07 Å². The van der Waals surface area contributed by atoms with Crippen molar-refractivity contribution in [2.45, 2.75) is 25.8 Å². The molecule has 20 heavy (non-hydrogen) atoms. The van der Waals surface area contributed by atoms with Crippen LogP contribution in [-0.4, -0.2) is 21.2 Å². The highest BCUT2D eigenvalue weighted by Gasteiger charge is 2.28. The molecule has 1 N–H and O–H groups in total. The Labute approximate surface area is 116 Å². The number of anilines is 1. The summed E-state index contributed by atoms with van der Waals surface area (Å²) in [6.07, 6.45) is 6.79. The molecule has 1 aliphatic rings. The summed E-state index contributed by atoms with van der Waals surface area (Å²) < 4.78 is 1.84. The van der Waals surface area contributed by atoms with Crippen molar-refractivity contribution in [2.75, 3.05) is 5.32 Å². The van der Waals surface area contributed by atoms with E-state index < -0.39 is 0 Å². The van der Waals surface area contributed by atoms with Crippen molar-refractivity contribution in [3.05, 3.63) is 48.0 Å². The summed E-state index contributed by atoms with van der Waals surface area (Å²) in [4.78, 5) is 27.7. The molecule has 1 atom stereocenters. The van der Waals surface area contributed by atoms with Crippen molar-refractivity contribution in [3.8, 4) is 0 Å². The van der Waals surface area contributed by atoms with Gasteiger partial charge in [-0.2, -0.15) is 0 Å². The van der Waals surface area contributed by atoms with Crippen molar-refractivity contribution < 1.29 is 9.59 Å². The van der Waals surface area contributed by atoms with Crippen LogP contribution in [0.3, 0.4) is 0 Å². The zero-order valence-electron chi connectivity index (χ0n) is 11.2. The van der Waals surface area contributed by atoms with Gasteiger partial charge in [0.2, 0.25) is 5.91 Å². The molecule has 0 spiro atoms. The molecule has 0 saturated heterocycles. The summed E-state index contributed by atoms with van der Waals surface area (Å²) >= 11 is 0. The second-order valence-electron chi connectivity index (χ2n) is 4.98. The molecule has 1 heterocycles. The molecule has 1 aromatic carbocycles. The lowest BCUT2D eigenvalue weighted by Gasteiger charge is -2.24. The molecule has 0 bridgehead atoms. The number of rotatable bonds is 2. The van der Waals surface area contributed by atoms with Crippen molar-refractivity contribution in [1.82, 2.24) is 9.55 Å². The fourth-order valence-corrected chi connectivity index (χ4v) is 2.65. The van der Waals surface area contributed by atoms with E-state index in [0.29, 0.717) is 11.3 Å². The third-order valence-corrected chi connectivity index (χ3v) is 3.57. The SMILES string of the molecule is CC(=O)Nc1ccc2c(c1)C(=O)C(n1ccnc1)CC2. The third kappa shape index (κ3) is 2.22. The number of aromatic nitrogens is 2. The van der Waals surface area contributed by atoms with Crippen LogP contribution in [0.15, 0.2) is 36.9 Å². The number of ketones is 1. The van der Waals surface area contributed by atoms with Gasteiger partial charge in [0.15, 0.2) is 5.78 Å². The van der Waals surface area contributed by atoms with E-state index in [2.05, 4.69) is 10.3 Å². The van der Waals surface area contributed by atoms with E-state index in [1.54, 1.807) is 18.6 Å². The topological polar surface area (TPSA) is 64.0 Å². The maximum absolute atomic E-state index is 12.6. The minimum absolute atomic E-state index is 0.0800. The molecule has 5 nitrogen and oxygen atoms in total. The molecule has 0 saturated carbocycles. The van der Waals surface area contributed by atoms with E-state index in [4.69, 9.17) is 0 Å². The molecular formula is C15H15N3O2. The first kappa shape index (κ1) is 12.6. The van der Waals surface area contributed by atoms with Crippen LogP contribution >= 0.6 is 0 Å². The second-order valence-corrected chi connectivity index (χ2v) is 4.98. The number of imidazole rings is 1. The van der Waals surface area contributed by atoms with Gasteiger partial charge in [0, 0.05) is 30.6 Å². The molecule has 5 heteroatoms. The fourth-order valence-electron chi connectivity index (χ4n) is 2.65. The van der Waals surface area contributed by atoms with Crippen LogP contribution in [0.1, 0.15) is 35.3 Å². The van der Waals surface area contributed by atoms with Crippen LogP contribution in [-0.2, 0) is 11.2 Å². The zero-order valence-corrected chi connectivity index (χ0v) is 11.2. The van der Waals surface area contributed by atoms with Gasteiger partial charge in [-0.3, -0.25) is 9.59 Å². The molecule has 1 aliphatic carbocycles. The number of nitrogens with one attached hydrogen (secondary N) is 1. The molecule has 2 aromatic rings. The lowest BCUT2D eigenvalue weighted by Crippen LogP contribution is -2.25. The van der Waals surface area contributed by atoms with Crippen molar-refractivity contribution >= 4 is 17.4 Å². The number of hydrogen-bond acceptors (Lipinski definition) is 3. The number of nitrogens with zero attached hydrogens (tertiary/aromatic N) is 2. The molecule has 0 fully saturated rings. The summed E-state index contributed by atoms with van der Waals surface area (Å²) in [5, 5.41) is 2.71. The van der Waals surface area contributed by atoms with Gasteiger partial charge in [0.1, 0.15) is 0 Å². The Bertz CT molecular complexity index is 662. The average Bonchev–Trinajstić information content (AvgIpc) is 2.93. The Balaban J connectivity index is 1.95. The van der Waals surface area contributed by atoms with E-state index in [-0.39, 0.29) is 17.7 Å². The Hall–Kier alpha value is -2.43. The number of aryl methyl sites for hydroxylation is 1. The highest BCUT2D eigenvalue weighted by atomic mass is 16.1. The zero-order chi connectivity index (χ0) is 14.1. The molecule has 3 rings (SSSR count). The first-order valence-electron chi connectivity index (χ1n) is 6.57. The van der Waals surface area contributed by atoms with E-state index in [9.17, 15) is 9.59 Å². The largest absolute Gasteiger partial charge is 0.327 e. The van der Waals surface area contributed by atoms with Crippen LogP contribution in [0, 0.1) is 0 Å². The third-order valence-electron chi connectivity index (χ3n) is 3.57. The van der Waals surface area contributed by atoms with Crippen LogP contribution in [0.2, 0.25) is 0 Å². The molecule has 0 aliphatic heterocycles. The fraction of sp³-hybridized carbons (Fsp3) is 0.267. The van der Waals surface area contributed by atoms with E-state index in [1.165, 1.54) is 6.92 Å². The molecule has 1 aromatic heterocycles. The van der Waals surface area contributed by atoms with E-state index in [1.807, 2.05) is 22.9 Å². The first-order valence-corrected chi connectivity index (χ1v) is 6.57. The van der Waals surface area contributed by atoms with Gasteiger partial charge >= 0.3 is 0 Å². The Morgan fingerprint density at radius 2 is 2.30 bits per heavy atom. The predicted molar refractivity (Wildman–Crippen MR) is 74.7 cm³/mol. The van der Waals surface area contributed by atoms with Crippen LogP contribution in [0.4, 0.5) is 5.69 Å². The maximum Gasteiger partial charge on any atom is 0.221 e. The van der Waals surface area contributed by atoms with Gasteiger partial charge in [-0.05, 0) is 30.5 Å². The van der Waals surface area contributed by atoms with Gasteiger partial charge in [-0.25, -0.2) is 4.98 Å². The Kier molecular flexibility index (Phi) is 3.10. The molecule has 0 radical (unpaired) electrons. The minimum Gasteiger partial charge on any atom is -0.327 e. The monoisotopic (exact) mass is 269 g/mol. The second kappa shape index (κ2) is 4.92. The quantitative estimate of drug-likeness (QED) is 0.909. The van der Waals surface area contributed by atoms with Crippen LogP contribution in [0.5, 0.6) is 0 Å². The van der Waals surface area contributed by atoms with Gasteiger partial charge in [0.25, 0.3) is 0 Å². The van der Waals surface area contributed by atoms with Crippen molar-refractivity contribution in [3.63, 3.8) is 0 Å². The molecular weight excluding hydrogens is 254 g/mol. The van der Waals surface area contributed by atoms with Crippen LogP contribution < -0.4 is 5.32 Å².